The van der Waals surface area contributed by atoms with Crippen molar-refractivity contribution < 1.29 is 9.53 Å². The number of nitriles is 1. The number of carbonyl (C=O) groups is 1. The zero-order chi connectivity index (χ0) is 21.3. The monoisotopic (exact) mass is 409 g/mol. The van der Waals surface area contributed by atoms with Crippen molar-refractivity contribution in [3.05, 3.63) is 30.0 Å². The molecular formula is C23H31N5O2. The molecule has 0 saturated carbocycles. The van der Waals surface area contributed by atoms with Crippen LogP contribution in [0.5, 0.6) is 0 Å². The van der Waals surface area contributed by atoms with E-state index in [-0.39, 0.29) is 0 Å². The fourth-order valence-electron chi connectivity index (χ4n) is 3.72. The van der Waals surface area contributed by atoms with Gasteiger partial charge in [0.15, 0.2) is 11.7 Å². The maximum atomic E-state index is 12.7. The number of likely N-dealkylation sites (N-methyl/N-ethyl adjacent to an activating group) is 1. The van der Waals surface area contributed by atoms with Crippen LogP contribution in [-0.4, -0.2) is 60.2 Å². The summed E-state index contributed by atoms with van der Waals surface area (Å²) in [6.45, 7) is 9.05. The number of anilines is 1. The summed E-state index contributed by atoms with van der Waals surface area (Å²) in [5, 5.41) is 9.82. The van der Waals surface area contributed by atoms with Crippen molar-refractivity contribution in [2.45, 2.75) is 45.4 Å². The van der Waals surface area contributed by atoms with Gasteiger partial charge < -0.3 is 14.5 Å². The van der Waals surface area contributed by atoms with Crippen LogP contribution >= 0.6 is 0 Å². The largest absolute Gasteiger partial charge is 0.464 e. The number of para-hydroxylation sites is 2. The standard InChI is InChI=1S/C23H31N5O2/c1-3-5-6-9-16-30-23(29)18(17-24)21-22(28-14-12-27(4-2)13-15-28)26-20-11-8-7-10-19(20)25-21/h7-8,10-11,18H,3-6,9,12-16H2,1-2H3/t18-/m0/s1. The van der Waals surface area contributed by atoms with Crippen molar-refractivity contribution in [1.82, 2.24) is 14.9 Å². The number of esters is 1. The van der Waals surface area contributed by atoms with Gasteiger partial charge in [-0.25, -0.2) is 9.97 Å². The molecule has 2 aromatic rings. The number of nitrogens with zero attached hydrogens (tertiary/aromatic N) is 5. The third-order valence-corrected chi connectivity index (χ3v) is 5.58. The summed E-state index contributed by atoms with van der Waals surface area (Å²) in [6.07, 6.45) is 4.07. The quantitative estimate of drug-likeness (QED) is 0.463. The number of hydrogen-bond donors (Lipinski definition) is 0. The first kappa shape index (κ1) is 22.0. The molecule has 0 radical (unpaired) electrons. The minimum absolute atomic E-state index is 0.336. The van der Waals surface area contributed by atoms with Gasteiger partial charge in [0.05, 0.1) is 23.7 Å². The highest BCUT2D eigenvalue weighted by atomic mass is 16.5. The topological polar surface area (TPSA) is 82.3 Å². The summed E-state index contributed by atoms with van der Waals surface area (Å²) in [4.78, 5) is 26.8. The van der Waals surface area contributed by atoms with Crippen molar-refractivity contribution in [2.24, 2.45) is 0 Å². The van der Waals surface area contributed by atoms with Gasteiger partial charge in [-0.2, -0.15) is 5.26 Å². The first-order valence-corrected chi connectivity index (χ1v) is 11.0. The number of carbonyl (C=O) groups excluding carboxylic acids is 1. The summed E-state index contributed by atoms with van der Waals surface area (Å²) in [6, 6.07) is 9.69. The second-order valence-corrected chi connectivity index (χ2v) is 7.63. The fraction of sp³-hybridized carbons (Fsp3) is 0.565. The molecule has 1 aromatic heterocycles. The van der Waals surface area contributed by atoms with E-state index in [2.05, 4.69) is 29.7 Å². The summed E-state index contributed by atoms with van der Waals surface area (Å²) < 4.78 is 5.43. The first-order chi connectivity index (χ1) is 14.7. The van der Waals surface area contributed by atoms with Crippen LogP contribution in [0.3, 0.4) is 0 Å². The van der Waals surface area contributed by atoms with Crippen LogP contribution in [0.2, 0.25) is 0 Å². The normalized spacial score (nSPS) is 15.7. The molecule has 0 bridgehead atoms. The van der Waals surface area contributed by atoms with E-state index in [1.54, 1.807) is 0 Å². The molecule has 1 fully saturated rings. The number of fused-ring (bicyclic) bond motifs is 1. The number of aromatic nitrogens is 2. The Kier molecular flexibility index (Phi) is 7.97. The van der Waals surface area contributed by atoms with Crippen LogP contribution in [0.1, 0.15) is 51.1 Å². The Labute approximate surface area is 178 Å². The van der Waals surface area contributed by atoms with Gasteiger partial charge in [-0.05, 0) is 25.1 Å². The molecule has 0 unspecified atom stereocenters. The molecule has 30 heavy (non-hydrogen) atoms. The molecule has 7 heteroatoms. The third kappa shape index (κ3) is 5.25. The molecule has 0 N–H and O–H groups in total. The lowest BCUT2D eigenvalue weighted by atomic mass is 10.1. The number of piperazine rings is 1. The second kappa shape index (κ2) is 10.9. The zero-order valence-electron chi connectivity index (χ0n) is 18.0. The number of hydrogen-bond acceptors (Lipinski definition) is 7. The Morgan fingerprint density at radius 3 is 2.43 bits per heavy atom. The lowest BCUT2D eigenvalue weighted by Crippen LogP contribution is -2.47. The van der Waals surface area contributed by atoms with Crippen LogP contribution in [0.4, 0.5) is 5.82 Å². The van der Waals surface area contributed by atoms with Crippen molar-refractivity contribution >= 4 is 22.8 Å². The molecule has 1 aliphatic heterocycles. The number of ether oxygens (including phenoxy) is 1. The molecular weight excluding hydrogens is 378 g/mol. The molecule has 160 valence electrons. The van der Waals surface area contributed by atoms with Gasteiger partial charge in [-0.1, -0.05) is 45.2 Å². The highest BCUT2D eigenvalue weighted by Gasteiger charge is 2.31. The van der Waals surface area contributed by atoms with Crippen LogP contribution < -0.4 is 4.90 Å². The van der Waals surface area contributed by atoms with E-state index in [9.17, 15) is 10.1 Å². The van der Waals surface area contributed by atoms with E-state index >= 15 is 0 Å². The summed E-state index contributed by atoms with van der Waals surface area (Å²) in [5.74, 6) is -0.988. The molecule has 0 amide bonds. The smallest absolute Gasteiger partial charge is 0.329 e. The molecule has 1 atom stereocenters. The molecule has 1 aromatic carbocycles. The highest BCUT2D eigenvalue weighted by molar-refractivity contribution is 5.85. The fourth-order valence-corrected chi connectivity index (χ4v) is 3.72. The Morgan fingerprint density at radius 2 is 1.80 bits per heavy atom. The molecule has 1 aliphatic rings. The average molecular weight is 410 g/mol. The molecule has 7 nitrogen and oxygen atoms in total. The molecule has 0 aliphatic carbocycles. The van der Waals surface area contributed by atoms with E-state index in [1.807, 2.05) is 24.3 Å². The zero-order valence-corrected chi connectivity index (χ0v) is 18.0. The van der Waals surface area contributed by atoms with Crippen LogP contribution in [0.15, 0.2) is 24.3 Å². The van der Waals surface area contributed by atoms with E-state index in [1.165, 1.54) is 0 Å². The van der Waals surface area contributed by atoms with Crippen LogP contribution in [0.25, 0.3) is 11.0 Å². The summed E-state index contributed by atoms with van der Waals surface area (Å²) in [5.41, 5.74) is 1.85. The maximum Gasteiger partial charge on any atom is 0.329 e. The van der Waals surface area contributed by atoms with Crippen molar-refractivity contribution in [1.29, 1.82) is 5.26 Å². The lowest BCUT2D eigenvalue weighted by molar-refractivity contribution is -0.144. The molecule has 3 rings (SSSR count). The second-order valence-electron chi connectivity index (χ2n) is 7.63. The van der Waals surface area contributed by atoms with Gasteiger partial charge in [-0.15, -0.1) is 0 Å². The van der Waals surface area contributed by atoms with E-state index < -0.39 is 11.9 Å². The summed E-state index contributed by atoms with van der Waals surface area (Å²) in [7, 11) is 0. The van der Waals surface area contributed by atoms with E-state index in [4.69, 9.17) is 14.7 Å². The Bertz CT molecular complexity index is 887. The number of unbranched alkanes of at least 4 members (excludes halogenated alkanes) is 3. The first-order valence-electron chi connectivity index (χ1n) is 11.0. The van der Waals surface area contributed by atoms with Gasteiger partial charge in [0.25, 0.3) is 0 Å². The Morgan fingerprint density at radius 1 is 1.10 bits per heavy atom. The minimum atomic E-state index is -1.08. The van der Waals surface area contributed by atoms with Gasteiger partial charge in [0.2, 0.25) is 0 Å². The van der Waals surface area contributed by atoms with Gasteiger partial charge in [0.1, 0.15) is 5.69 Å². The Hall–Kier alpha value is -2.72. The van der Waals surface area contributed by atoms with Crippen molar-refractivity contribution in [3.63, 3.8) is 0 Å². The maximum absolute atomic E-state index is 12.7. The van der Waals surface area contributed by atoms with E-state index in [0.29, 0.717) is 23.6 Å². The van der Waals surface area contributed by atoms with Crippen molar-refractivity contribution in [3.8, 4) is 6.07 Å². The molecule has 2 heterocycles. The number of rotatable bonds is 9. The summed E-state index contributed by atoms with van der Waals surface area (Å²) >= 11 is 0. The minimum Gasteiger partial charge on any atom is -0.464 e. The Balaban J connectivity index is 1.86. The predicted molar refractivity (Wildman–Crippen MR) is 117 cm³/mol. The average Bonchev–Trinajstić information content (AvgIpc) is 2.79. The molecule has 1 saturated heterocycles. The lowest BCUT2D eigenvalue weighted by Gasteiger charge is -2.35. The number of benzene rings is 1. The SMILES string of the molecule is CCCCCCOC(=O)[C@@H](C#N)c1nc2ccccc2nc1N1CCN(CC)CC1. The van der Waals surface area contributed by atoms with Gasteiger partial charge in [0, 0.05) is 26.2 Å². The van der Waals surface area contributed by atoms with E-state index in [0.717, 1.165) is 63.9 Å². The third-order valence-electron chi connectivity index (χ3n) is 5.58. The van der Waals surface area contributed by atoms with Crippen LogP contribution in [0, 0.1) is 11.3 Å². The van der Waals surface area contributed by atoms with Gasteiger partial charge >= 0.3 is 5.97 Å². The van der Waals surface area contributed by atoms with Crippen LogP contribution in [-0.2, 0) is 9.53 Å². The molecule has 0 spiro atoms. The predicted octanol–water partition coefficient (Wildman–Crippen LogP) is 3.50. The highest BCUT2D eigenvalue weighted by Crippen LogP contribution is 2.28. The van der Waals surface area contributed by atoms with Crippen molar-refractivity contribution in [2.75, 3.05) is 44.2 Å². The van der Waals surface area contributed by atoms with Gasteiger partial charge in [-0.3, -0.25) is 4.79 Å².